The van der Waals surface area contributed by atoms with E-state index in [2.05, 4.69) is 20.5 Å². The van der Waals surface area contributed by atoms with Gasteiger partial charge in [-0.2, -0.15) is 0 Å². The highest BCUT2D eigenvalue weighted by Gasteiger charge is 2.15. The third-order valence-electron chi connectivity index (χ3n) is 3.36. The number of pyridine rings is 2. The van der Waals surface area contributed by atoms with Crippen LogP contribution in [0, 0.1) is 5.92 Å². The van der Waals surface area contributed by atoms with Crippen LogP contribution in [-0.4, -0.2) is 25.7 Å². The summed E-state index contributed by atoms with van der Waals surface area (Å²) in [6, 6.07) is 8.68. The largest absolute Gasteiger partial charge is 0.315 e. The van der Waals surface area contributed by atoms with E-state index in [1.54, 1.807) is 23.0 Å². The van der Waals surface area contributed by atoms with Gasteiger partial charge in [0.2, 0.25) is 5.13 Å². The first kappa shape index (κ1) is 17.0. The van der Waals surface area contributed by atoms with Crippen LogP contribution in [0.5, 0.6) is 0 Å². The van der Waals surface area contributed by atoms with Crippen LogP contribution in [0.1, 0.15) is 24.2 Å². The highest BCUT2D eigenvalue weighted by Crippen LogP contribution is 2.24. The fourth-order valence-corrected chi connectivity index (χ4v) is 2.99. The minimum atomic E-state index is -0.494. The molecule has 0 saturated carbocycles. The summed E-state index contributed by atoms with van der Waals surface area (Å²) in [5, 5.41) is 11.5. The van der Waals surface area contributed by atoms with E-state index in [1.807, 2.05) is 32.0 Å². The van der Waals surface area contributed by atoms with E-state index in [0.29, 0.717) is 28.3 Å². The Morgan fingerprint density at radius 1 is 1.24 bits per heavy atom. The maximum Gasteiger partial charge on any atom is 0.263 e. The van der Waals surface area contributed by atoms with E-state index >= 15 is 0 Å². The van der Waals surface area contributed by atoms with E-state index in [0.717, 1.165) is 0 Å². The zero-order valence-corrected chi connectivity index (χ0v) is 14.7. The summed E-state index contributed by atoms with van der Waals surface area (Å²) in [4.78, 5) is 29.0. The molecule has 0 fully saturated rings. The lowest BCUT2D eigenvalue weighted by Crippen LogP contribution is -2.29. The van der Waals surface area contributed by atoms with E-state index in [-0.39, 0.29) is 11.1 Å². The second kappa shape index (κ2) is 7.35. The molecule has 8 heteroatoms. The van der Waals surface area contributed by atoms with E-state index < -0.39 is 5.91 Å². The van der Waals surface area contributed by atoms with Gasteiger partial charge in [0.1, 0.15) is 11.3 Å². The number of carbonyl (C=O) groups excluding carboxylic acids is 1. The van der Waals surface area contributed by atoms with E-state index in [4.69, 9.17) is 0 Å². The Bertz CT molecular complexity index is 933. The Balaban J connectivity index is 1.79. The lowest BCUT2D eigenvalue weighted by molar-refractivity contribution is 0.102. The van der Waals surface area contributed by atoms with Crippen molar-refractivity contribution < 1.29 is 4.79 Å². The molecule has 0 spiro atoms. The van der Waals surface area contributed by atoms with Crippen LogP contribution in [-0.2, 0) is 6.54 Å². The molecule has 3 heterocycles. The van der Waals surface area contributed by atoms with Gasteiger partial charge in [-0.3, -0.25) is 19.9 Å². The fourth-order valence-electron chi connectivity index (χ4n) is 2.28. The molecule has 0 aromatic carbocycles. The van der Waals surface area contributed by atoms with Gasteiger partial charge >= 0.3 is 0 Å². The summed E-state index contributed by atoms with van der Waals surface area (Å²) in [6.45, 7) is 4.59. The van der Waals surface area contributed by atoms with Crippen LogP contribution >= 0.6 is 11.3 Å². The molecule has 0 bridgehead atoms. The third kappa shape index (κ3) is 3.97. The number of nitrogens with one attached hydrogen (secondary N) is 1. The van der Waals surface area contributed by atoms with Gasteiger partial charge in [0, 0.05) is 18.9 Å². The number of carbonyl (C=O) groups is 1. The Morgan fingerprint density at radius 3 is 2.80 bits per heavy atom. The second-order valence-electron chi connectivity index (χ2n) is 5.85. The normalized spacial score (nSPS) is 10.8. The van der Waals surface area contributed by atoms with Gasteiger partial charge in [-0.15, -0.1) is 10.2 Å². The minimum Gasteiger partial charge on any atom is -0.315 e. The Labute approximate surface area is 148 Å². The van der Waals surface area contributed by atoms with Crippen molar-refractivity contribution in [2.24, 2.45) is 5.92 Å². The van der Waals surface area contributed by atoms with Crippen LogP contribution in [0.3, 0.4) is 0 Å². The van der Waals surface area contributed by atoms with Crippen molar-refractivity contribution in [3.63, 3.8) is 0 Å². The standard InChI is InChI=1S/C17H17N5O2S/c1-11(2)10-22-9-5-6-12(16(22)24)14(23)19-17-21-20-15(25-17)13-7-3-4-8-18-13/h3-9,11H,10H2,1-2H3,(H,19,21,23). The van der Waals surface area contributed by atoms with Gasteiger partial charge in [-0.1, -0.05) is 31.3 Å². The molecular weight excluding hydrogens is 338 g/mol. The Kier molecular flexibility index (Phi) is 4.99. The molecule has 0 atom stereocenters. The lowest BCUT2D eigenvalue weighted by atomic mass is 10.2. The minimum absolute atomic E-state index is 0.0812. The van der Waals surface area contributed by atoms with Crippen LogP contribution in [0.2, 0.25) is 0 Å². The van der Waals surface area contributed by atoms with Crippen molar-refractivity contribution in [2.45, 2.75) is 20.4 Å². The van der Waals surface area contributed by atoms with Gasteiger partial charge in [0.15, 0.2) is 5.01 Å². The first-order valence-electron chi connectivity index (χ1n) is 7.80. The van der Waals surface area contributed by atoms with Crippen LogP contribution in [0.15, 0.2) is 47.5 Å². The maximum absolute atomic E-state index is 12.4. The van der Waals surface area contributed by atoms with Crippen molar-refractivity contribution in [3.8, 4) is 10.7 Å². The summed E-state index contributed by atoms with van der Waals surface area (Å²) < 4.78 is 1.54. The molecule has 3 aromatic heterocycles. The molecule has 128 valence electrons. The number of hydrogen-bond acceptors (Lipinski definition) is 6. The summed E-state index contributed by atoms with van der Waals surface area (Å²) in [7, 11) is 0. The van der Waals surface area contributed by atoms with Crippen LogP contribution in [0.25, 0.3) is 10.7 Å². The predicted molar refractivity (Wildman–Crippen MR) is 96.6 cm³/mol. The molecular formula is C17H17N5O2S. The molecule has 7 nitrogen and oxygen atoms in total. The first-order chi connectivity index (χ1) is 12.0. The Hall–Kier alpha value is -2.87. The number of hydrogen-bond donors (Lipinski definition) is 1. The number of rotatable bonds is 5. The predicted octanol–water partition coefficient (Wildman–Crippen LogP) is 2.67. The summed E-state index contributed by atoms with van der Waals surface area (Å²) >= 11 is 1.20. The molecule has 1 N–H and O–H groups in total. The fraction of sp³-hybridized carbons (Fsp3) is 0.235. The molecule has 0 saturated heterocycles. The summed E-state index contributed by atoms with van der Waals surface area (Å²) in [5.74, 6) is -0.188. The highest BCUT2D eigenvalue weighted by atomic mass is 32.1. The molecule has 1 amide bonds. The summed E-state index contributed by atoms with van der Waals surface area (Å²) in [5.41, 5.74) is 0.445. The van der Waals surface area contributed by atoms with Gasteiger partial charge in [0.25, 0.3) is 11.5 Å². The van der Waals surface area contributed by atoms with Gasteiger partial charge < -0.3 is 4.57 Å². The number of aromatic nitrogens is 4. The van der Waals surface area contributed by atoms with Crippen molar-refractivity contribution in [1.82, 2.24) is 19.7 Å². The monoisotopic (exact) mass is 355 g/mol. The van der Waals surface area contributed by atoms with Crippen molar-refractivity contribution in [1.29, 1.82) is 0 Å². The zero-order chi connectivity index (χ0) is 17.8. The number of nitrogens with zero attached hydrogens (tertiary/aromatic N) is 4. The topological polar surface area (TPSA) is 89.8 Å². The smallest absolute Gasteiger partial charge is 0.263 e. The summed E-state index contributed by atoms with van der Waals surface area (Å²) in [6.07, 6.45) is 3.35. The average molecular weight is 355 g/mol. The SMILES string of the molecule is CC(C)Cn1cccc(C(=O)Nc2nnc(-c3ccccn3)s2)c1=O. The zero-order valence-electron chi connectivity index (χ0n) is 13.8. The molecule has 25 heavy (non-hydrogen) atoms. The number of anilines is 1. The number of amides is 1. The van der Waals surface area contributed by atoms with E-state index in [9.17, 15) is 9.59 Å². The first-order valence-corrected chi connectivity index (χ1v) is 8.62. The average Bonchev–Trinajstić information content (AvgIpc) is 3.05. The van der Waals surface area contributed by atoms with Gasteiger partial charge in [-0.05, 0) is 30.2 Å². The molecule has 0 aliphatic heterocycles. The highest BCUT2D eigenvalue weighted by molar-refractivity contribution is 7.18. The molecule has 3 aromatic rings. The molecule has 0 unspecified atom stereocenters. The molecule has 0 aliphatic rings. The lowest BCUT2D eigenvalue weighted by Gasteiger charge is -2.09. The molecule has 0 radical (unpaired) electrons. The van der Waals surface area contributed by atoms with Crippen molar-refractivity contribution >= 4 is 22.4 Å². The third-order valence-corrected chi connectivity index (χ3v) is 4.22. The van der Waals surface area contributed by atoms with Gasteiger partial charge in [0.05, 0.1) is 0 Å². The Morgan fingerprint density at radius 2 is 2.08 bits per heavy atom. The van der Waals surface area contributed by atoms with Crippen molar-refractivity contribution in [3.05, 3.63) is 58.6 Å². The second-order valence-corrected chi connectivity index (χ2v) is 6.83. The maximum atomic E-state index is 12.4. The van der Waals surface area contributed by atoms with Crippen molar-refractivity contribution in [2.75, 3.05) is 5.32 Å². The van der Waals surface area contributed by atoms with Crippen LogP contribution < -0.4 is 10.9 Å². The van der Waals surface area contributed by atoms with Crippen LogP contribution in [0.4, 0.5) is 5.13 Å². The molecule has 0 aliphatic carbocycles. The quantitative estimate of drug-likeness (QED) is 0.760. The molecule has 3 rings (SSSR count). The van der Waals surface area contributed by atoms with Gasteiger partial charge in [-0.25, -0.2) is 0 Å². The van der Waals surface area contributed by atoms with E-state index in [1.165, 1.54) is 17.4 Å².